The minimum absolute atomic E-state index is 0.0251. The largest absolute Gasteiger partial charge is 0.243 e. The summed E-state index contributed by atoms with van der Waals surface area (Å²) in [6, 6.07) is 0. The molecule has 0 bridgehead atoms. The average Bonchev–Trinajstić information content (AvgIpc) is 1.75. The second-order valence-electron chi connectivity index (χ2n) is 6.27. The molecule has 0 spiro atoms. The highest BCUT2D eigenvalue weighted by atomic mass is 33.2. The van der Waals surface area contributed by atoms with Gasteiger partial charge in [-0.2, -0.15) is 0 Å². The van der Waals surface area contributed by atoms with E-state index in [-0.39, 0.29) is 22.3 Å². The fraction of sp³-hybridized carbons (Fsp3) is 1.00. The molecular weight excluding hydrogens is 232 g/mol. The maximum absolute atomic E-state index is 11.7. The van der Waals surface area contributed by atoms with Crippen LogP contribution in [0.2, 0.25) is 0 Å². The first-order valence-electron chi connectivity index (χ1n) is 4.95. The van der Waals surface area contributed by atoms with Gasteiger partial charge in [0.1, 0.15) is 9.83 Å². The van der Waals surface area contributed by atoms with E-state index in [1.165, 1.54) is 0 Å². The number of hydrogen-bond donors (Lipinski definition) is 0. The summed E-state index contributed by atoms with van der Waals surface area (Å²) in [6.07, 6.45) is 0. The van der Waals surface area contributed by atoms with Gasteiger partial charge in [0.2, 0.25) is 8.87 Å². The van der Waals surface area contributed by atoms with Gasteiger partial charge in [-0.05, 0) is 10.8 Å². The van der Waals surface area contributed by atoms with E-state index in [0.717, 1.165) is 0 Å². The van der Waals surface area contributed by atoms with Crippen LogP contribution in [0.1, 0.15) is 41.5 Å². The van der Waals surface area contributed by atoms with E-state index in [1.54, 1.807) is 0 Å². The van der Waals surface area contributed by atoms with Crippen LogP contribution in [0.25, 0.3) is 0 Å². The van der Waals surface area contributed by atoms with Crippen LogP contribution in [0.15, 0.2) is 0 Å². The van der Waals surface area contributed by atoms with Gasteiger partial charge in [-0.25, -0.2) is 12.6 Å². The van der Waals surface area contributed by atoms with Gasteiger partial charge in [0.15, 0.2) is 0 Å². The number of hydrogen-bond acceptors (Lipinski definition) is 3. The van der Waals surface area contributed by atoms with Gasteiger partial charge in [-0.1, -0.05) is 41.5 Å². The Bertz CT molecular complexity index is 329. The summed E-state index contributed by atoms with van der Waals surface area (Å²) in [5.74, 6) is 0.175. The zero-order chi connectivity index (χ0) is 12.5. The molecule has 1 atom stereocenters. The molecule has 0 aliphatic rings. The van der Waals surface area contributed by atoms with Crippen molar-refractivity contribution < 1.29 is 12.6 Å². The Morgan fingerprint density at radius 2 is 1.33 bits per heavy atom. The van der Waals surface area contributed by atoms with Crippen molar-refractivity contribution in [3.8, 4) is 0 Å². The lowest BCUT2D eigenvalue weighted by atomic mass is 10.0. The first kappa shape index (κ1) is 15.1. The molecule has 0 aromatic carbocycles. The van der Waals surface area contributed by atoms with Gasteiger partial charge in [-0.3, -0.25) is 0 Å². The molecule has 3 nitrogen and oxygen atoms in total. The Labute approximate surface area is 95.4 Å². The van der Waals surface area contributed by atoms with Crippen LogP contribution in [-0.2, 0) is 18.7 Å². The highest BCUT2D eigenvalue weighted by Crippen LogP contribution is 2.22. The zero-order valence-electron chi connectivity index (χ0n) is 10.5. The molecule has 0 radical (unpaired) electrons. The molecule has 0 aromatic heterocycles. The maximum atomic E-state index is 11.7. The lowest BCUT2D eigenvalue weighted by molar-refractivity contribution is 0.462. The fourth-order valence-corrected chi connectivity index (χ4v) is 6.17. The smallest absolute Gasteiger partial charge is 0.229 e. The van der Waals surface area contributed by atoms with E-state index in [9.17, 15) is 12.6 Å². The van der Waals surface area contributed by atoms with Gasteiger partial charge in [0.25, 0.3) is 0 Å². The van der Waals surface area contributed by atoms with Gasteiger partial charge in [-0.15, -0.1) is 0 Å². The van der Waals surface area contributed by atoms with Crippen molar-refractivity contribution in [1.29, 1.82) is 0 Å². The molecule has 0 saturated carbocycles. The second-order valence-corrected chi connectivity index (χ2v) is 11.2. The molecular formula is C10H22O3S2. The van der Waals surface area contributed by atoms with Crippen LogP contribution in [0.4, 0.5) is 0 Å². The molecule has 15 heavy (non-hydrogen) atoms. The molecule has 0 amide bonds. The molecule has 0 saturated heterocycles. The molecule has 0 fully saturated rings. The molecule has 0 aliphatic heterocycles. The van der Waals surface area contributed by atoms with Crippen molar-refractivity contribution in [2.24, 2.45) is 10.8 Å². The standard InChI is InChI=1S/C10H22O3S2/c1-9(2,3)7-14(11)15(12,13)8-10(4,5)6/h7-8H2,1-6H3. The molecule has 0 aromatic rings. The summed E-state index contributed by atoms with van der Waals surface area (Å²) >= 11 is 0. The van der Waals surface area contributed by atoms with Crippen molar-refractivity contribution in [2.45, 2.75) is 41.5 Å². The fourth-order valence-electron chi connectivity index (χ4n) is 1.04. The van der Waals surface area contributed by atoms with Crippen LogP contribution in [0.5, 0.6) is 0 Å². The lowest BCUT2D eigenvalue weighted by Crippen LogP contribution is -2.28. The van der Waals surface area contributed by atoms with Crippen LogP contribution in [-0.4, -0.2) is 24.1 Å². The Morgan fingerprint density at radius 3 is 1.60 bits per heavy atom. The summed E-state index contributed by atoms with van der Waals surface area (Å²) in [5.41, 5.74) is -0.567. The Kier molecular flexibility index (Phi) is 4.56. The van der Waals surface area contributed by atoms with Crippen molar-refractivity contribution >= 4 is 18.7 Å². The van der Waals surface area contributed by atoms with E-state index in [0.29, 0.717) is 0 Å². The molecule has 0 N–H and O–H groups in total. The molecule has 5 heteroatoms. The SMILES string of the molecule is CC(C)(C)CS(=O)S(=O)(=O)CC(C)(C)C. The van der Waals surface area contributed by atoms with Crippen LogP contribution in [0.3, 0.4) is 0 Å². The van der Waals surface area contributed by atoms with Crippen molar-refractivity contribution in [1.82, 2.24) is 0 Å². The summed E-state index contributed by atoms with van der Waals surface area (Å²) in [5, 5.41) is 0. The summed E-state index contributed by atoms with van der Waals surface area (Å²) in [4.78, 5) is 0. The van der Waals surface area contributed by atoms with Crippen LogP contribution < -0.4 is 0 Å². The maximum Gasteiger partial charge on any atom is 0.229 e. The summed E-state index contributed by atoms with van der Waals surface area (Å²) in [7, 11) is -5.25. The van der Waals surface area contributed by atoms with Crippen molar-refractivity contribution in [2.75, 3.05) is 11.5 Å². The Morgan fingerprint density at radius 1 is 0.933 bits per heavy atom. The highest BCUT2D eigenvalue weighted by Gasteiger charge is 2.30. The Balaban J connectivity index is 4.71. The van der Waals surface area contributed by atoms with Gasteiger partial charge in [0, 0.05) is 5.75 Å². The minimum Gasteiger partial charge on any atom is -0.243 e. The molecule has 0 rings (SSSR count). The van der Waals surface area contributed by atoms with E-state index in [2.05, 4.69) is 0 Å². The zero-order valence-corrected chi connectivity index (χ0v) is 12.1. The third kappa shape index (κ3) is 7.06. The van der Waals surface area contributed by atoms with Crippen LogP contribution >= 0.6 is 0 Å². The predicted octanol–water partition coefficient (Wildman–Crippen LogP) is 2.16. The lowest BCUT2D eigenvalue weighted by Gasteiger charge is -2.21. The quantitative estimate of drug-likeness (QED) is 0.725. The van der Waals surface area contributed by atoms with E-state index >= 15 is 0 Å². The molecule has 92 valence electrons. The van der Waals surface area contributed by atoms with E-state index in [4.69, 9.17) is 0 Å². The summed E-state index contributed by atoms with van der Waals surface area (Å²) in [6.45, 7) is 11.2. The first-order chi connectivity index (χ1) is 6.33. The normalized spacial score (nSPS) is 16.4. The second kappa shape index (κ2) is 4.53. The minimum atomic E-state index is -3.48. The average molecular weight is 254 g/mol. The third-order valence-electron chi connectivity index (χ3n) is 1.44. The third-order valence-corrected chi connectivity index (χ3v) is 6.74. The van der Waals surface area contributed by atoms with Gasteiger partial charge in [0.05, 0.1) is 5.75 Å². The van der Waals surface area contributed by atoms with E-state index in [1.807, 2.05) is 41.5 Å². The summed E-state index contributed by atoms with van der Waals surface area (Å²) < 4.78 is 35.1. The molecule has 0 heterocycles. The Hall–Kier alpha value is 0.1000. The van der Waals surface area contributed by atoms with Gasteiger partial charge >= 0.3 is 0 Å². The monoisotopic (exact) mass is 254 g/mol. The van der Waals surface area contributed by atoms with Gasteiger partial charge < -0.3 is 0 Å². The molecule has 1 unspecified atom stereocenters. The van der Waals surface area contributed by atoms with E-state index < -0.39 is 18.7 Å². The first-order valence-corrected chi connectivity index (χ1v) is 8.44. The molecule has 0 aliphatic carbocycles. The van der Waals surface area contributed by atoms with Crippen molar-refractivity contribution in [3.05, 3.63) is 0 Å². The van der Waals surface area contributed by atoms with Crippen LogP contribution in [0, 0.1) is 10.8 Å². The predicted molar refractivity (Wildman–Crippen MR) is 65.7 cm³/mol. The topological polar surface area (TPSA) is 51.2 Å². The highest BCUT2D eigenvalue weighted by molar-refractivity contribution is 8.64. The number of rotatable bonds is 3. The van der Waals surface area contributed by atoms with Crippen molar-refractivity contribution in [3.63, 3.8) is 0 Å².